The Morgan fingerprint density at radius 1 is 1.17 bits per heavy atom. The minimum Gasteiger partial charge on any atom is -0.322 e. The van der Waals surface area contributed by atoms with Gasteiger partial charge in [-0.2, -0.15) is 18.3 Å². The Labute approximate surface area is 102 Å². The number of hydrogen-bond acceptors (Lipinski definition) is 2. The fourth-order valence-electron chi connectivity index (χ4n) is 1.73. The predicted molar refractivity (Wildman–Crippen MR) is 61.2 cm³/mol. The lowest BCUT2D eigenvalue weighted by atomic mass is 10.1. The summed E-state index contributed by atoms with van der Waals surface area (Å²) in [5.41, 5.74) is 6.62. The number of aromatic nitrogens is 2. The van der Waals surface area contributed by atoms with Crippen LogP contribution in [0.4, 0.5) is 13.2 Å². The molecule has 1 aromatic carbocycles. The fourth-order valence-corrected chi connectivity index (χ4v) is 1.73. The highest BCUT2D eigenvalue weighted by atomic mass is 19.4. The molecule has 2 N–H and O–H groups in total. The van der Waals surface area contributed by atoms with Crippen molar-refractivity contribution in [1.29, 1.82) is 0 Å². The van der Waals surface area contributed by atoms with E-state index in [1.165, 1.54) is 16.9 Å². The number of nitrogens with zero attached hydrogens (tertiary/aromatic N) is 2. The normalized spacial score (nSPS) is 13.6. The summed E-state index contributed by atoms with van der Waals surface area (Å²) in [6, 6.07) is 9.30. The van der Waals surface area contributed by atoms with Crippen LogP contribution in [-0.2, 0) is 0 Å². The van der Waals surface area contributed by atoms with Crippen molar-refractivity contribution in [1.82, 2.24) is 9.78 Å². The Morgan fingerprint density at radius 3 is 2.44 bits per heavy atom. The number of para-hydroxylation sites is 1. The average molecular weight is 255 g/mol. The summed E-state index contributed by atoms with van der Waals surface area (Å²) in [5.74, 6) is 0. The van der Waals surface area contributed by atoms with Crippen molar-refractivity contribution in [3.8, 4) is 5.69 Å². The minimum atomic E-state index is -4.29. The van der Waals surface area contributed by atoms with E-state index in [2.05, 4.69) is 5.10 Å². The number of benzene rings is 1. The van der Waals surface area contributed by atoms with E-state index in [0.717, 1.165) is 0 Å². The summed E-state index contributed by atoms with van der Waals surface area (Å²) in [6.45, 7) is 0. The van der Waals surface area contributed by atoms with Crippen molar-refractivity contribution in [3.63, 3.8) is 0 Å². The highest BCUT2D eigenvalue weighted by Gasteiger charge is 2.32. The summed E-state index contributed by atoms with van der Waals surface area (Å²) in [4.78, 5) is 0. The second-order valence-electron chi connectivity index (χ2n) is 3.93. The highest BCUT2D eigenvalue weighted by molar-refractivity contribution is 5.33. The number of nitrogens with two attached hydrogens (primary N) is 1. The van der Waals surface area contributed by atoms with E-state index in [4.69, 9.17) is 5.73 Å². The molecule has 1 atom stereocenters. The number of alkyl halides is 3. The van der Waals surface area contributed by atoms with Crippen LogP contribution < -0.4 is 5.73 Å². The van der Waals surface area contributed by atoms with Gasteiger partial charge in [0.05, 0.1) is 23.8 Å². The largest absolute Gasteiger partial charge is 0.390 e. The fraction of sp³-hybridized carbons (Fsp3) is 0.250. The van der Waals surface area contributed by atoms with E-state index in [1.807, 2.05) is 6.07 Å². The van der Waals surface area contributed by atoms with Crippen LogP contribution in [0.15, 0.2) is 42.6 Å². The van der Waals surface area contributed by atoms with Crippen LogP contribution in [0.2, 0.25) is 0 Å². The summed E-state index contributed by atoms with van der Waals surface area (Å²) in [5, 5.41) is 4.01. The lowest BCUT2D eigenvalue weighted by molar-refractivity contribution is -0.138. The van der Waals surface area contributed by atoms with Crippen molar-refractivity contribution in [2.45, 2.75) is 18.6 Å². The molecule has 0 amide bonds. The Hall–Kier alpha value is -1.82. The lowest BCUT2D eigenvalue weighted by Crippen LogP contribution is -2.22. The van der Waals surface area contributed by atoms with Gasteiger partial charge in [-0.15, -0.1) is 0 Å². The molecule has 0 bridgehead atoms. The smallest absolute Gasteiger partial charge is 0.322 e. The molecular formula is C12H12F3N3. The van der Waals surface area contributed by atoms with Gasteiger partial charge in [-0.05, 0) is 18.2 Å². The second kappa shape index (κ2) is 4.81. The summed E-state index contributed by atoms with van der Waals surface area (Å²) in [6.07, 6.45) is -3.91. The first-order chi connectivity index (χ1) is 8.47. The van der Waals surface area contributed by atoms with Crippen LogP contribution in [-0.4, -0.2) is 16.0 Å². The molecule has 0 radical (unpaired) electrons. The quantitative estimate of drug-likeness (QED) is 0.916. The van der Waals surface area contributed by atoms with Gasteiger partial charge in [0.25, 0.3) is 0 Å². The molecule has 1 heterocycles. The molecule has 0 spiro atoms. The van der Waals surface area contributed by atoms with E-state index in [-0.39, 0.29) is 0 Å². The Morgan fingerprint density at radius 2 is 1.83 bits per heavy atom. The Balaban J connectivity index is 2.28. The first-order valence-corrected chi connectivity index (χ1v) is 5.39. The molecule has 0 aliphatic carbocycles. The van der Waals surface area contributed by atoms with Crippen molar-refractivity contribution in [2.75, 3.05) is 0 Å². The number of rotatable bonds is 3. The third-order valence-corrected chi connectivity index (χ3v) is 2.50. The van der Waals surface area contributed by atoms with Crippen LogP contribution in [0.25, 0.3) is 5.69 Å². The monoisotopic (exact) mass is 255 g/mol. The van der Waals surface area contributed by atoms with E-state index < -0.39 is 18.6 Å². The van der Waals surface area contributed by atoms with Gasteiger partial charge < -0.3 is 5.73 Å². The third kappa shape index (κ3) is 2.89. The minimum absolute atomic E-state index is 0.346. The SMILES string of the molecule is NC(CC(F)(F)F)c1ccnn1-c1ccccc1. The first-order valence-electron chi connectivity index (χ1n) is 5.39. The van der Waals surface area contributed by atoms with Crippen LogP contribution in [0.5, 0.6) is 0 Å². The number of halogens is 3. The molecule has 0 saturated carbocycles. The molecule has 0 aliphatic heterocycles. The summed E-state index contributed by atoms with van der Waals surface area (Å²) < 4.78 is 38.4. The maximum Gasteiger partial charge on any atom is 0.390 e. The third-order valence-electron chi connectivity index (χ3n) is 2.50. The van der Waals surface area contributed by atoms with Crippen molar-refractivity contribution < 1.29 is 13.2 Å². The van der Waals surface area contributed by atoms with Gasteiger partial charge in [0.1, 0.15) is 0 Å². The van der Waals surface area contributed by atoms with Crippen LogP contribution >= 0.6 is 0 Å². The Bertz CT molecular complexity index is 505. The molecule has 0 fully saturated rings. The topological polar surface area (TPSA) is 43.8 Å². The molecule has 1 unspecified atom stereocenters. The molecule has 0 saturated heterocycles. The van der Waals surface area contributed by atoms with Crippen molar-refractivity contribution in [2.24, 2.45) is 5.73 Å². The van der Waals surface area contributed by atoms with Crippen molar-refractivity contribution in [3.05, 3.63) is 48.3 Å². The molecule has 2 rings (SSSR count). The highest BCUT2D eigenvalue weighted by Crippen LogP contribution is 2.28. The number of hydrogen-bond donors (Lipinski definition) is 1. The zero-order valence-corrected chi connectivity index (χ0v) is 9.43. The standard InChI is InChI=1S/C12H12F3N3/c13-12(14,15)8-10(16)11-6-7-17-18(11)9-4-2-1-3-5-9/h1-7,10H,8,16H2. The maximum atomic E-state index is 12.3. The predicted octanol–water partition coefficient (Wildman–Crippen LogP) is 2.82. The van der Waals surface area contributed by atoms with Crippen LogP contribution in [0.1, 0.15) is 18.2 Å². The lowest BCUT2D eigenvalue weighted by Gasteiger charge is -2.16. The summed E-state index contributed by atoms with van der Waals surface area (Å²) in [7, 11) is 0. The van der Waals surface area contributed by atoms with Gasteiger partial charge in [0.2, 0.25) is 0 Å². The van der Waals surface area contributed by atoms with Crippen LogP contribution in [0, 0.1) is 0 Å². The molecule has 1 aromatic heterocycles. The van der Waals surface area contributed by atoms with Gasteiger partial charge in [-0.3, -0.25) is 0 Å². The molecule has 96 valence electrons. The zero-order chi connectivity index (χ0) is 13.2. The second-order valence-corrected chi connectivity index (χ2v) is 3.93. The van der Waals surface area contributed by atoms with Gasteiger partial charge in [-0.1, -0.05) is 18.2 Å². The van der Waals surface area contributed by atoms with Gasteiger partial charge in [0.15, 0.2) is 0 Å². The van der Waals surface area contributed by atoms with E-state index >= 15 is 0 Å². The average Bonchev–Trinajstić information content (AvgIpc) is 2.76. The summed E-state index contributed by atoms with van der Waals surface area (Å²) >= 11 is 0. The van der Waals surface area contributed by atoms with Gasteiger partial charge in [-0.25, -0.2) is 4.68 Å². The first kappa shape index (κ1) is 12.6. The van der Waals surface area contributed by atoms with E-state index in [9.17, 15) is 13.2 Å². The maximum absolute atomic E-state index is 12.3. The van der Waals surface area contributed by atoms with Crippen molar-refractivity contribution >= 4 is 0 Å². The molecular weight excluding hydrogens is 243 g/mol. The Kier molecular flexibility index (Phi) is 3.38. The molecule has 2 aromatic rings. The zero-order valence-electron chi connectivity index (χ0n) is 9.43. The van der Waals surface area contributed by atoms with Gasteiger partial charge >= 0.3 is 6.18 Å². The van der Waals surface area contributed by atoms with Crippen LogP contribution in [0.3, 0.4) is 0 Å². The van der Waals surface area contributed by atoms with E-state index in [0.29, 0.717) is 11.4 Å². The molecule has 3 nitrogen and oxygen atoms in total. The molecule has 18 heavy (non-hydrogen) atoms. The molecule has 6 heteroatoms. The van der Waals surface area contributed by atoms with Gasteiger partial charge in [0, 0.05) is 6.20 Å². The molecule has 0 aliphatic rings. The van der Waals surface area contributed by atoms with E-state index in [1.54, 1.807) is 24.3 Å².